The molecule has 3 heterocycles. The summed E-state index contributed by atoms with van der Waals surface area (Å²) in [5, 5.41) is 15.5. The van der Waals surface area contributed by atoms with Crippen molar-refractivity contribution in [3.05, 3.63) is 46.3 Å². The largest absolute Gasteiger partial charge is 0.442 e. The molecule has 176 valence electrons. The Labute approximate surface area is 192 Å². The first kappa shape index (κ1) is 22.7. The number of cyclic esters (lactones) is 1. The fourth-order valence-electron chi connectivity index (χ4n) is 3.62. The summed E-state index contributed by atoms with van der Waals surface area (Å²) in [6, 6.07) is 7.53. The zero-order chi connectivity index (χ0) is 23.5. The van der Waals surface area contributed by atoms with E-state index in [1.54, 1.807) is 23.3 Å². The van der Waals surface area contributed by atoms with Crippen LogP contribution in [-0.4, -0.2) is 67.4 Å². The molecule has 2 aromatic rings. The number of hydrogen-bond donors (Lipinski definition) is 1. The zero-order valence-corrected chi connectivity index (χ0v) is 18.5. The van der Waals surface area contributed by atoms with Crippen molar-refractivity contribution < 1.29 is 28.5 Å². The lowest BCUT2D eigenvalue weighted by Gasteiger charge is -2.35. The first-order chi connectivity index (χ1) is 15.8. The molecule has 2 fully saturated rings. The SMILES string of the molecule is CC(=O)NCC1CN(c2ccc(N3CCN(Oc4ccc([N+](=O)[O-])s4)CC3)c(F)c2)C(=O)O1. The van der Waals surface area contributed by atoms with E-state index in [1.807, 2.05) is 4.90 Å². The Balaban J connectivity index is 1.33. The fourth-order valence-corrected chi connectivity index (χ4v) is 4.32. The second kappa shape index (κ2) is 9.58. The smallest absolute Gasteiger partial charge is 0.414 e. The standard InChI is InChI=1S/C20H22FN5O6S/c1-13(27)22-11-15-12-25(20(28)31-15)14-2-3-17(16(21)10-14)23-6-8-24(9-7-23)32-19-5-4-18(33-19)26(29)30/h2-5,10,15H,6-9,11-12H2,1H3,(H,22,27). The number of nitro groups is 1. The lowest BCUT2D eigenvalue weighted by molar-refractivity contribution is -0.380. The highest BCUT2D eigenvalue weighted by Gasteiger charge is 2.33. The minimum atomic E-state index is -0.586. The molecule has 1 atom stereocenters. The quantitative estimate of drug-likeness (QED) is 0.475. The highest BCUT2D eigenvalue weighted by atomic mass is 32.1. The first-order valence-corrected chi connectivity index (χ1v) is 11.1. The van der Waals surface area contributed by atoms with Crippen molar-refractivity contribution in [2.75, 3.05) is 49.1 Å². The van der Waals surface area contributed by atoms with Crippen LogP contribution >= 0.6 is 11.3 Å². The lowest BCUT2D eigenvalue weighted by Crippen LogP contribution is -2.47. The van der Waals surface area contributed by atoms with Crippen molar-refractivity contribution in [3.8, 4) is 5.06 Å². The van der Waals surface area contributed by atoms with Gasteiger partial charge in [0, 0.05) is 32.1 Å². The van der Waals surface area contributed by atoms with Crippen molar-refractivity contribution in [3.63, 3.8) is 0 Å². The number of anilines is 2. The third-order valence-electron chi connectivity index (χ3n) is 5.24. The molecule has 2 aliphatic rings. The van der Waals surface area contributed by atoms with Gasteiger partial charge < -0.3 is 19.8 Å². The van der Waals surface area contributed by atoms with Crippen LogP contribution < -0.4 is 20.0 Å². The Morgan fingerprint density at radius 1 is 1.30 bits per heavy atom. The van der Waals surface area contributed by atoms with Crippen molar-refractivity contribution in [2.45, 2.75) is 13.0 Å². The number of nitrogens with zero attached hydrogens (tertiary/aromatic N) is 4. The van der Waals surface area contributed by atoms with Gasteiger partial charge in [0.15, 0.2) is 0 Å². The number of amides is 2. The summed E-state index contributed by atoms with van der Waals surface area (Å²) in [7, 11) is 0. The second-order valence-electron chi connectivity index (χ2n) is 7.55. The summed E-state index contributed by atoms with van der Waals surface area (Å²) in [5.41, 5.74) is 0.792. The molecular formula is C20H22FN5O6S. The molecule has 1 N–H and O–H groups in total. The molecule has 1 unspecified atom stereocenters. The van der Waals surface area contributed by atoms with Gasteiger partial charge in [-0.1, -0.05) is 0 Å². The highest BCUT2D eigenvalue weighted by molar-refractivity contribution is 7.17. The van der Waals surface area contributed by atoms with Crippen LogP contribution in [0.5, 0.6) is 5.06 Å². The Morgan fingerprint density at radius 2 is 2.06 bits per heavy atom. The molecule has 1 aromatic heterocycles. The summed E-state index contributed by atoms with van der Waals surface area (Å²) in [6.07, 6.45) is -1.08. The molecular weight excluding hydrogens is 457 g/mol. The molecule has 33 heavy (non-hydrogen) atoms. The van der Waals surface area contributed by atoms with Gasteiger partial charge in [0.25, 0.3) is 0 Å². The minimum Gasteiger partial charge on any atom is -0.442 e. The van der Waals surface area contributed by atoms with Crippen molar-refractivity contribution in [2.24, 2.45) is 0 Å². The number of hydroxylamine groups is 2. The number of piperazine rings is 1. The van der Waals surface area contributed by atoms with Crippen LogP contribution in [0.1, 0.15) is 6.92 Å². The van der Waals surface area contributed by atoms with Gasteiger partial charge in [-0.2, -0.15) is 0 Å². The molecule has 0 saturated carbocycles. The number of thiophene rings is 1. The lowest BCUT2D eigenvalue weighted by atomic mass is 10.2. The van der Waals surface area contributed by atoms with E-state index in [2.05, 4.69) is 5.32 Å². The Morgan fingerprint density at radius 3 is 2.70 bits per heavy atom. The first-order valence-electron chi connectivity index (χ1n) is 10.2. The van der Waals surface area contributed by atoms with Gasteiger partial charge in [0.2, 0.25) is 11.0 Å². The summed E-state index contributed by atoms with van der Waals surface area (Å²) in [4.78, 5) is 42.4. The van der Waals surface area contributed by atoms with Crippen LogP contribution in [0.15, 0.2) is 30.3 Å². The van der Waals surface area contributed by atoms with Crippen LogP contribution in [-0.2, 0) is 9.53 Å². The fraction of sp³-hybridized carbons (Fsp3) is 0.400. The number of benzene rings is 1. The topological polar surface area (TPSA) is 117 Å². The number of hydrogen-bond acceptors (Lipinski definition) is 9. The van der Waals surface area contributed by atoms with E-state index >= 15 is 0 Å². The summed E-state index contributed by atoms with van der Waals surface area (Å²) in [6.45, 7) is 3.75. The molecule has 0 radical (unpaired) electrons. The maximum absolute atomic E-state index is 14.9. The number of carbonyl (C=O) groups excluding carboxylic acids is 2. The van der Waals surface area contributed by atoms with E-state index < -0.39 is 22.9 Å². The number of halogens is 1. The third-order valence-corrected chi connectivity index (χ3v) is 6.15. The van der Waals surface area contributed by atoms with Gasteiger partial charge >= 0.3 is 11.1 Å². The predicted octanol–water partition coefficient (Wildman–Crippen LogP) is 2.37. The molecule has 1 aromatic carbocycles. The molecule has 4 rings (SSSR count). The Bertz CT molecular complexity index is 1060. The van der Waals surface area contributed by atoms with E-state index in [-0.39, 0.29) is 24.0 Å². The molecule has 2 aliphatic heterocycles. The van der Waals surface area contributed by atoms with E-state index in [0.717, 1.165) is 11.3 Å². The van der Waals surface area contributed by atoms with Crippen LogP contribution in [0.3, 0.4) is 0 Å². The summed E-state index contributed by atoms with van der Waals surface area (Å²) < 4.78 is 20.1. The summed E-state index contributed by atoms with van der Waals surface area (Å²) >= 11 is 0.953. The average molecular weight is 479 g/mol. The number of carbonyl (C=O) groups is 2. The van der Waals surface area contributed by atoms with Gasteiger partial charge in [-0.3, -0.25) is 19.8 Å². The normalized spacial score (nSPS) is 18.8. The van der Waals surface area contributed by atoms with E-state index in [1.165, 1.54) is 24.0 Å². The number of rotatable bonds is 7. The van der Waals surface area contributed by atoms with Gasteiger partial charge in [-0.05, 0) is 29.5 Å². The molecule has 13 heteroatoms. The predicted molar refractivity (Wildman–Crippen MR) is 118 cm³/mol. The zero-order valence-electron chi connectivity index (χ0n) is 17.7. The highest BCUT2D eigenvalue weighted by Crippen LogP contribution is 2.32. The number of nitrogens with one attached hydrogen (secondary N) is 1. The van der Waals surface area contributed by atoms with Gasteiger partial charge in [-0.25, -0.2) is 9.18 Å². The third kappa shape index (κ3) is 5.31. The Kier molecular flexibility index (Phi) is 6.60. The van der Waals surface area contributed by atoms with Crippen LogP contribution in [0, 0.1) is 15.9 Å². The monoisotopic (exact) mass is 479 g/mol. The maximum Gasteiger partial charge on any atom is 0.414 e. The minimum absolute atomic E-state index is 0.00844. The Hall–Kier alpha value is -3.45. The molecule has 2 amide bonds. The molecule has 2 saturated heterocycles. The van der Waals surface area contributed by atoms with Crippen LogP contribution in [0.2, 0.25) is 0 Å². The second-order valence-corrected chi connectivity index (χ2v) is 8.57. The van der Waals surface area contributed by atoms with Crippen molar-refractivity contribution in [1.29, 1.82) is 0 Å². The summed E-state index contributed by atoms with van der Waals surface area (Å²) in [5.74, 6) is -0.684. The van der Waals surface area contributed by atoms with E-state index in [9.17, 15) is 24.1 Å². The maximum atomic E-state index is 14.9. The van der Waals surface area contributed by atoms with E-state index in [4.69, 9.17) is 9.57 Å². The van der Waals surface area contributed by atoms with Crippen molar-refractivity contribution >= 4 is 39.7 Å². The molecule has 0 aliphatic carbocycles. The van der Waals surface area contributed by atoms with Crippen LogP contribution in [0.25, 0.3) is 0 Å². The van der Waals surface area contributed by atoms with Gasteiger partial charge in [0.1, 0.15) is 11.9 Å². The molecule has 0 bridgehead atoms. The number of ether oxygens (including phenoxy) is 1. The van der Waals surface area contributed by atoms with Gasteiger partial charge in [0.05, 0.1) is 42.5 Å². The molecule has 0 spiro atoms. The van der Waals surface area contributed by atoms with Gasteiger partial charge in [-0.15, -0.1) is 5.06 Å². The van der Waals surface area contributed by atoms with E-state index in [0.29, 0.717) is 42.6 Å². The van der Waals surface area contributed by atoms with Crippen LogP contribution in [0.4, 0.5) is 25.6 Å². The molecule has 11 nitrogen and oxygen atoms in total. The van der Waals surface area contributed by atoms with Crippen molar-refractivity contribution in [1.82, 2.24) is 10.4 Å². The average Bonchev–Trinajstić information content (AvgIpc) is 3.39.